The van der Waals surface area contributed by atoms with Crippen molar-refractivity contribution in [2.75, 3.05) is 19.7 Å². The van der Waals surface area contributed by atoms with Gasteiger partial charge in [-0.15, -0.1) is 0 Å². The summed E-state index contributed by atoms with van der Waals surface area (Å²) in [6.45, 7) is 0.258. The Morgan fingerprint density at radius 2 is 1.89 bits per heavy atom. The minimum absolute atomic E-state index is 0.256. The molecule has 0 fully saturated rings. The summed E-state index contributed by atoms with van der Waals surface area (Å²) in [7, 11) is 0. The Balaban J connectivity index is 2.63. The topological polar surface area (TPSA) is 104 Å². The number of hydrogen-bond donors (Lipinski definition) is 4. The maximum atomic E-state index is 11.9. The standard InChI is InChI=1S/C13H15N3O3/c14-13(19)16-8-7-15-12(18)11-6-2-1-4-10(11)5-3-9-17/h1-2,4,6,17H,7-9H2,(H,15,18)(H3,14,16,19). The highest BCUT2D eigenvalue weighted by atomic mass is 16.2. The van der Waals surface area contributed by atoms with E-state index in [1.54, 1.807) is 24.3 Å². The van der Waals surface area contributed by atoms with Gasteiger partial charge in [-0.05, 0) is 12.1 Å². The summed E-state index contributed by atoms with van der Waals surface area (Å²) in [5.74, 6) is 4.90. The number of urea groups is 1. The third-order valence-corrected chi connectivity index (χ3v) is 2.18. The summed E-state index contributed by atoms with van der Waals surface area (Å²) >= 11 is 0. The molecular weight excluding hydrogens is 246 g/mol. The van der Waals surface area contributed by atoms with Gasteiger partial charge in [-0.3, -0.25) is 4.79 Å². The third-order valence-electron chi connectivity index (χ3n) is 2.18. The lowest BCUT2D eigenvalue weighted by atomic mass is 10.1. The van der Waals surface area contributed by atoms with Crippen LogP contribution in [0.4, 0.5) is 4.79 Å². The van der Waals surface area contributed by atoms with Crippen LogP contribution in [0.15, 0.2) is 24.3 Å². The molecule has 1 aromatic rings. The van der Waals surface area contributed by atoms with Gasteiger partial charge in [0.25, 0.3) is 5.91 Å². The Kier molecular flexibility index (Phi) is 5.92. The Morgan fingerprint density at radius 1 is 1.21 bits per heavy atom. The first-order valence-corrected chi connectivity index (χ1v) is 5.65. The number of hydrogen-bond acceptors (Lipinski definition) is 3. The van der Waals surface area contributed by atoms with Crippen LogP contribution in [-0.2, 0) is 0 Å². The average Bonchev–Trinajstić information content (AvgIpc) is 2.41. The molecule has 0 aromatic heterocycles. The monoisotopic (exact) mass is 261 g/mol. The molecule has 3 amide bonds. The highest BCUT2D eigenvalue weighted by molar-refractivity contribution is 5.96. The fourth-order valence-electron chi connectivity index (χ4n) is 1.38. The van der Waals surface area contributed by atoms with E-state index >= 15 is 0 Å². The van der Waals surface area contributed by atoms with Crippen molar-refractivity contribution in [1.29, 1.82) is 0 Å². The molecule has 0 aliphatic carbocycles. The molecular formula is C13H15N3O3. The number of rotatable bonds is 4. The van der Waals surface area contributed by atoms with Gasteiger partial charge >= 0.3 is 6.03 Å². The lowest BCUT2D eigenvalue weighted by Crippen LogP contribution is -2.37. The third kappa shape index (κ3) is 5.10. The number of amides is 3. The fourth-order valence-corrected chi connectivity index (χ4v) is 1.38. The van der Waals surface area contributed by atoms with Crippen LogP contribution in [0.3, 0.4) is 0 Å². The number of aliphatic hydroxyl groups is 1. The summed E-state index contributed by atoms with van der Waals surface area (Å²) < 4.78 is 0. The molecule has 1 aromatic carbocycles. The van der Waals surface area contributed by atoms with Crippen LogP contribution in [0.2, 0.25) is 0 Å². The first-order valence-electron chi connectivity index (χ1n) is 5.65. The first-order chi connectivity index (χ1) is 9.15. The summed E-state index contributed by atoms with van der Waals surface area (Å²) in [4.78, 5) is 22.3. The van der Waals surface area contributed by atoms with Crippen molar-refractivity contribution < 1.29 is 14.7 Å². The van der Waals surface area contributed by atoms with Gasteiger partial charge in [-0.25, -0.2) is 4.79 Å². The number of carbonyl (C=O) groups is 2. The Morgan fingerprint density at radius 3 is 2.58 bits per heavy atom. The van der Waals surface area contributed by atoms with Crippen molar-refractivity contribution in [3.8, 4) is 11.8 Å². The number of primary amides is 1. The van der Waals surface area contributed by atoms with Gasteiger partial charge in [0.1, 0.15) is 6.61 Å². The van der Waals surface area contributed by atoms with Gasteiger partial charge in [0, 0.05) is 18.7 Å². The predicted molar refractivity (Wildman–Crippen MR) is 70.3 cm³/mol. The molecule has 0 bridgehead atoms. The van der Waals surface area contributed by atoms with Crippen molar-refractivity contribution in [3.63, 3.8) is 0 Å². The molecule has 0 heterocycles. The minimum Gasteiger partial charge on any atom is -0.384 e. The summed E-state index contributed by atoms with van der Waals surface area (Å²) in [6.07, 6.45) is 0. The van der Waals surface area contributed by atoms with Crippen molar-refractivity contribution in [3.05, 3.63) is 35.4 Å². The summed E-state index contributed by atoms with van der Waals surface area (Å²) in [6, 6.07) is 6.17. The van der Waals surface area contributed by atoms with Crippen LogP contribution in [0.5, 0.6) is 0 Å². The zero-order valence-electron chi connectivity index (χ0n) is 10.3. The normalized spacial score (nSPS) is 9.11. The van der Waals surface area contributed by atoms with Crippen LogP contribution in [-0.4, -0.2) is 36.7 Å². The molecule has 6 heteroatoms. The van der Waals surface area contributed by atoms with Crippen LogP contribution < -0.4 is 16.4 Å². The van der Waals surface area contributed by atoms with Crippen molar-refractivity contribution in [2.24, 2.45) is 5.73 Å². The lowest BCUT2D eigenvalue weighted by molar-refractivity contribution is 0.0953. The van der Waals surface area contributed by atoms with E-state index in [0.29, 0.717) is 11.1 Å². The maximum absolute atomic E-state index is 11.9. The molecule has 0 aliphatic rings. The van der Waals surface area contributed by atoms with E-state index in [9.17, 15) is 9.59 Å². The van der Waals surface area contributed by atoms with Crippen molar-refractivity contribution in [1.82, 2.24) is 10.6 Å². The minimum atomic E-state index is -0.636. The highest BCUT2D eigenvalue weighted by Gasteiger charge is 2.08. The fraction of sp³-hybridized carbons (Fsp3) is 0.231. The Bertz CT molecular complexity index is 517. The number of benzene rings is 1. The van der Waals surface area contributed by atoms with Gasteiger partial charge in [0.2, 0.25) is 0 Å². The van der Waals surface area contributed by atoms with E-state index < -0.39 is 6.03 Å². The molecule has 0 atom stereocenters. The quantitative estimate of drug-likeness (QED) is 0.431. The van der Waals surface area contributed by atoms with Crippen molar-refractivity contribution >= 4 is 11.9 Å². The molecule has 6 nitrogen and oxygen atoms in total. The van der Waals surface area contributed by atoms with Crippen LogP contribution >= 0.6 is 0 Å². The van der Waals surface area contributed by atoms with Crippen LogP contribution in [0.1, 0.15) is 15.9 Å². The second-order valence-corrected chi connectivity index (χ2v) is 3.55. The van der Waals surface area contributed by atoms with Gasteiger partial charge in [0.15, 0.2) is 0 Å². The molecule has 100 valence electrons. The molecule has 0 radical (unpaired) electrons. The van der Waals surface area contributed by atoms with Crippen LogP contribution in [0.25, 0.3) is 0 Å². The molecule has 0 spiro atoms. The average molecular weight is 261 g/mol. The summed E-state index contributed by atoms with van der Waals surface area (Å²) in [5.41, 5.74) is 5.85. The number of aliphatic hydroxyl groups excluding tert-OH is 1. The zero-order valence-corrected chi connectivity index (χ0v) is 10.3. The van der Waals surface area contributed by atoms with E-state index in [1.807, 2.05) is 0 Å². The highest BCUT2D eigenvalue weighted by Crippen LogP contribution is 2.06. The number of nitrogens with two attached hydrogens (primary N) is 1. The lowest BCUT2D eigenvalue weighted by Gasteiger charge is -2.07. The van der Waals surface area contributed by atoms with E-state index in [2.05, 4.69) is 22.5 Å². The van der Waals surface area contributed by atoms with E-state index in [-0.39, 0.29) is 25.6 Å². The SMILES string of the molecule is NC(=O)NCCNC(=O)c1ccccc1C#CCO. The van der Waals surface area contributed by atoms with E-state index in [0.717, 1.165) is 0 Å². The summed E-state index contributed by atoms with van der Waals surface area (Å²) in [5, 5.41) is 13.7. The zero-order chi connectivity index (χ0) is 14.1. The number of nitrogens with one attached hydrogen (secondary N) is 2. The molecule has 0 unspecified atom stereocenters. The predicted octanol–water partition coefficient (Wildman–Crippen LogP) is -0.571. The largest absolute Gasteiger partial charge is 0.384 e. The molecule has 0 saturated heterocycles. The molecule has 19 heavy (non-hydrogen) atoms. The molecule has 1 rings (SSSR count). The van der Waals surface area contributed by atoms with Crippen LogP contribution in [0, 0.1) is 11.8 Å². The maximum Gasteiger partial charge on any atom is 0.312 e. The van der Waals surface area contributed by atoms with Gasteiger partial charge in [-0.1, -0.05) is 24.0 Å². The van der Waals surface area contributed by atoms with Gasteiger partial charge in [0.05, 0.1) is 5.56 Å². The first kappa shape index (κ1) is 14.5. The van der Waals surface area contributed by atoms with Crippen molar-refractivity contribution in [2.45, 2.75) is 0 Å². The molecule has 0 saturated carbocycles. The Labute approximate surface area is 111 Å². The second-order valence-electron chi connectivity index (χ2n) is 3.55. The van der Waals surface area contributed by atoms with E-state index in [4.69, 9.17) is 10.8 Å². The smallest absolute Gasteiger partial charge is 0.312 e. The molecule has 0 aliphatic heterocycles. The van der Waals surface area contributed by atoms with Gasteiger partial charge in [-0.2, -0.15) is 0 Å². The number of carbonyl (C=O) groups excluding carboxylic acids is 2. The second kappa shape index (κ2) is 7.74. The molecule has 5 N–H and O–H groups in total. The van der Waals surface area contributed by atoms with E-state index in [1.165, 1.54) is 0 Å². The Hall–Kier alpha value is -2.52. The van der Waals surface area contributed by atoms with Gasteiger partial charge < -0.3 is 21.5 Å².